The van der Waals surface area contributed by atoms with Crippen molar-refractivity contribution in [3.8, 4) is 11.4 Å². The highest BCUT2D eigenvalue weighted by atomic mass is 16.5. The molecule has 0 spiro atoms. The van der Waals surface area contributed by atoms with Crippen molar-refractivity contribution in [1.29, 1.82) is 0 Å². The maximum absolute atomic E-state index is 10.7. The average molecular weight is 204 g/mol. The predicted molar refractivity (Wildman–Crippen MR) is 51.1 cm³/mol. The van der Waals surface area contributed by atoms with E-state index in [1.165, 1.54) is 4.68 Å². The van der Waals surface area contributed by atoms with Gasteiger partial charge in [0.05, 0.1) is 7.11 Å². The Balaban J connectivity index is 2.58. The lowest BCUT2D eigenvalue weighted by Crippen LogP contribution is -2.04. The van der Waals surface area contributed by atoms with Gasteiger partial charge < -0.3 is 4.74 Å². The van der Waals surface area contributed by atoms with Crippen LogP contribution in [0, 0.1) is 0 Å². The van der Waals surface area contributed by atoms with E-state index >= 15 is 0 Å². The maximum atomic E-state index is 10.7. The van der Waals surface area contributed by atoms with Crippen molar-refractivity contribution in [2.24, 2.45) is 0 Å². The molecular weight excluding hydrogens is 196 g/mol. The highest BCUT2D eigenvalue weighted by molar-refractivity contribution is 5.70. The summed E-state index contributed by atoms with van der Waals surface area (Å²) >= 11 is 0. The topological polar surface area (TPSA) is 69.9 Å². The predicted octanol–water partition coefficient (Wildman–Crippen LogP) is 0.483. The van der Waals surface area contributed by atoms with Gasteiger partial charge in [0.25, 0.3) is 0 Å². The Bertz CT molecular complexity index is 480. The lowest BCUT2D eigenvalue weighted by Gasteiger charge is -2.06. The minimum Gasteiger partial charge on any atom is -0.494 e. The van der Waals surface area contributed by atoms with Gasteiger partial charge in [-0.05, 0) is 22.6 Å². The molecule has 6 heteroatoms. The number of methoxy groups -OCH3 is 1. The molecule has 0 fully saturated rings. The van der Waals surface area contributed by atoms with E-state index in [1.54, 1.807) is 19.2 Å². The second-order valence-electron chi connectivity index (χ2n) is 2.74. The number of nitrogens with zero attached hydrogens (tertiary/aromatic N) is 4. The SMILES string of the molecule is COc1ccccc1-n1nnnc1C=O. The number of para-hydroxylation sites is 2. The smallest absolute Gasteiger partial charge is 0.219 e. The van der Waals surface area contributed by atoms with Crippen LogP contribution < -0.4 is 4.74 Å². The molecule has 1 aromatic heterocycles. The number of tetrazole rings is 1. The summed E-state index contributed by atoms with van der Waals surface area (Å²) < 4.78 is 6.46. The largest absolute Gasteiger partial charge is 0.494 e. The average Bonchev–Trinajstić information content (AvgIpc) is 2.76. The number of hydrogen-bond acceptors (Lipinski definition) is 5. The van der Waals surface area contributed by atoms with E-state index in [2.05, 4.69) is 15.5 Å². The van der Waals surface area contributed by atoms with Crippen molar-refractivity contribution < 1.29 is 9.53 Å². The third-order valence-corrected chi connectivity index (χ3v) is 1.91. The molecule has 0 aliphatic heterocycles. The number of aldehydes is 1. The van der Waals surface area contributed by atoms with Crippen molar-refractivity contribution in [2.45, 2.75) is 0 Å². The van der Waals surface area contributed by atoms with Crippen LogP contribution in [0.4, 0.5) is 0 Å². The third kappa shape index (κ3) is 1.56. The number of carbonyl (C=O) groups excluding carboxylic acids is 1. The molecule has 15 heavy (non-hydrogen) atoms. The van der Waals surface area contributed by atoms with Crippen LogP contribution in [0.15, 0.2) is 24.3 Å². The van der Waals surface area contributed by atoms with E-state index in [9.17, 15) is 4.79 Å². The molecule has 0 aliphatic rings. The van der Waals surface area contributed by atoms with Crippen LogP contribution >= 0.6 is 0 Å². The van der Waals surface area contributed by atoms with Crippen LogP contribution in [0.5, 0.6) is 5.75 Å². The fourth-order valence-electron chi connectivity index (χ4n) is 1.24. The van der Waals surface area contributed by atoms with Gasteiger partial charge in [0.2, 0.25) is 5.82 Å². The molecule has 76 valence electrons. The molecule has 0 saturated heterocycles. The summed E-state index contributed by atoms with van der Waals surface area (Å²) in [5.74, 6) is 0.743. The zero-order chi connectivity index (χ0) is 10.7. The molecule has 0 amide bonds. The van der Waals surface area contributed by atoms with Crippen molar-refractivity contribution >= 4 is 6.29 Å². The van der Waals surface area contributed by atoms with Crippen LogP contribution in [0.1, 0.15) is 10.6 Å². The van der Waals surface area contributed by atoms with Crippen LogP contribution in [0.2, 0.25) is 0 Å². The summed E-state index contributed by atoms with van der Waals surface area (Å²) in [5.41, 5.74) is 0.632. The van der Waals surface area contributed by atoms with E-state index in [-0.39, 0.29) is 5.82 Å². The van der Waals surface area contributed by atoms with Gasteiger partial charge in [-0.1, -0.05) is 12.1 Å². The summed E-state index contributed by atoms with van der Waals surface area (Å²) in [6, 6.07) is 7.18. The fourth-order valence-corrected chi connectivity index (χ4v) is 1.24. The summed E-state index contributed by atoms with van der Waals surface area (Å²) in [4.78, 5) is 10.7. The van der Waals surface area contributed by atoms with E-state index in [0.29, 0.717) is 17.7 Å². The molecule has 2 rings (SSSR count). The molecular formula is C9H8N4O2. The fraction of sp³-hybridized carbons (Fsp3) is 0.111. The molecule has 1 aromatic carbocycles. The van der Waals surface area contributed by atoms with Crippen molar-refractivity contribution in [2.75, 3.05) is 7.11 Å². The summed E-state index contributed by atoms with van der Waals surface area (Å²) in [6.45, 7) is 0. The zero-order valence-electron chi connectivity index (χ0n) is 7.99. The molecule has 6 nitrogen and oxygen atoms in total. The first-order valence-electron chi connectivity index (χ1n) is 4.23. The first kappa shape index (κ1) is 9.32. The van der Waals surface area contributed by atoms with E-state index in [0.717, 1.165) is 0 Å². The normalized spacial score (nSPS) is 9.93. The second-order valence-corrected chi connectivity index (χ2v) is 2.74. The van der Waals surface area contributed by atoms with Crippen molar-refractivity contribution in [1.82, 2.24) is 20.2 Å². The number of benzene rings is 1. The second kappa shape index (κ2) is 3.87. The summed E-state index contributed by atoms with van der Waals surface area (Å²) in [5, 5.41) is 10.7. The molecule has 0 bridgehead atoms. The van der Waals surface area contributed by atoms with E-state index in [1.807, 2.05) is 12.1 Å². The van der Waals surface area contributed by atoms with Crippen LogP contribution in [-0.2, 0) is 0 Å². The molecule has 2 aromatic rings. The maximum Gasteiger partial charge on any atom is 0.219 e. The number of hydrogen-bond donors (Lipinski definition) is 0. The van der Waals surface area contributed by atoms with Gasteiger partial charge in [-0.15, -0.1) is 5.10 Å². The number of ether oxygens (including phenoxy) is 1. The van der Waals surface area contributed by atoms with Gasteiger partial charge in [-0.2, -0.15) is 4.68 Å². The van der Waals surface area contributed by atoms with E-state index in [4.69, 9.17) is 4.74 Å². The highest BCUT2D eigenvalue weighted by Gasteiger charge is 2.10. The molecule has 0 N–H and O–H groups in total. The van der Waals surface area contributed by atoms with Gasteiger partial charge in [-0.3, -0.25) is 4.79 Å². The minimum atomic E-state index is 0.138. The Morgan fingerprint density at radius 1 is 1.40 bits per heavy atom. The van der Waals surface area contributed by atoms with E-state index < -0.39 is 0 Å². The first-order chi connectivity index (χ1) is 7.36. The van der Waals surface area contributed by atoms with Crippen molar-refractivity contribution in [3.63, 3.8) is 0 Å². The molecule has 0 aliphatic carbocycles. The van der Waals surface area contributed by atoms with Gasteiger partial charge in [0.1, 0.15) is 11.4 Å². The van der Waals surface area contributed by atoms with Crippen LogP contribution in [-0.4, -0.2) is 33.6 Å². The zero-order valence-corrected chi connectivity index (χ0v) is 7.99. The van der Waals surface area contributed by atoms with Crippen molar-refractivity contribution in [3.05, 3.63) is 30.1 Å². The summed E-state index contributed by atoms with van der Waals surface area (Å²) in [6.07, 6.45) is 0.590. The third-order valence-electron chi connectivity index (χ3n) is 1.91. The summed E-state index contributed by atoms with van der Waals surface area (Å²) in [7, 11) is 1.55. The molecule has 0 unspecified atom stereocenters. The Morgan fingerprint density at radius 3 is 2.93 bits per heavy atom. The Hall–Kier alpha value is -2.24. The lowest BCUT2D eigenvalue weighted by molar-refractivity contribution is 0.111. The Kier molecular flexibility index (Phi) is 2.40. The standard InChI is InChI=1S/C9H8N4O2/c1-15-8-5-3-2-4-7(8)13-9(6-14)10-11-12-13/h2-6H,1H3. The van der Waals surface area contributed by atoms with Gasteiger partial charge in [0, 0.05) is 0 Å². The Morgan fingerprint density at radius 2 is 2.20 bits per heavy atom. The molecule has 0 atom stereocenters. The quantitative estimate of drug-likeness (QED) is 0.680. The number of carbonyl (C=O) groups is 1. The Labute approximate surface area is 85.5 Å². The van der Waals surface area contributed by atoms with Gasteiger partial charge in [0.15, 0.2) is 6.29 Å². The first-order valence-corrected chi connectivity index (χ1v) is 4.23. The molecule has 0 radical (unpaired) electrons. The molecule has 0 saturated carbocycles. The number of aromatic nitrogens is 4. The number of rotatable bonds is 3. The van der Waals surface area contributed by atoms with Crippen LogP contribution in [0.3, 0.4) is 0 Å². The van der Waals surface area contributed by atoms with Crippen LogP contribution in [0.25, 0.3) is 5.69 Å². The minimum absolute atomic E-state index is 0.138. The lowest BCUT2D eigenvalue weighted by atomic mass is 10.3. The van der Waals surface area contributed by atoms with Gasteiger partial charge in [-0.25, -0.2) is 0 Å². The molecule has 1 heterocycles. The van der Waals surface area contributed by atoms with Gasteiger partial charge >= 0.3 is 0 Å². The monoisotopic (exact) mass is 204 g/mol. The highest BCUT2D eigenvalue weighted by Crippen LogP contribution is 2.21.